The Labute approximate surface area is 138 Å². The van der Waals surface area contributed by atoms with E-state index in [1.807, 2.05) is 49.6 Å². The average molecular weight is 323 g/mol. The minimum absolute atomic E-state index is 0.694. The van der Waals surface area contributed by atoms with Crippen molar-refractivity contribution in [2.45, 2.75) is 6.92 Å². The first-order valence-corrected chi connectivity index (χ1v) is 7.75. The summed E-state index contributed by atoms with van der Waals surface area (Å²) in [6, 6.07) is 13.8. The summed E-state index contributed by atoms with van der Waals surface area (Å²) in [7, 11) is 1.91. The molecule has 114 valence electrons. The Bertz CT molecular complexity index is 1010. The number of fused-ring (bicyclic) bond motifs is 1. The number of nitrogens with one attached hydrogen (secondary N) is 1. The number of rotatable bonds is 2. The number of para-hydroxylation sites is 1. The molecule has 0 radical (unpaired) electrons. The molecular weight excluding hydrogens is 308 g/mol. The first-order valence-electron chi connectivity index (χ1n) is 7.37. The second-order valence-electron chi connectivity index (χ2n) is 5.63. The highest BCUT2D eigenvalue weighted by Crippen LogP contribution is 2.32. The molecule has 0 aliphatic rings. The van der Waals surface area contributed by atoms with Crippen LogP contribution in [-0.2, 0) is 7.05 Å². The molecule has 0 amide bonds. The number of hydrogen-bond acceptors (Lipinski definition) is 2. The van der Waals surface area contributed by atoms with Crippen molar-refractivity contribution in [1.82, 2.24) is 19.7 Å². The Morgan fingerprint density at radius 2 is 1.96 bits per heavy atom. The van der Waals surface area contributed by atoms with Crippen LogP contribution in [0.5, 0.6) is 0 Å². The molecule has 2 heterocycles. The number of benzene rings is 2. The van der Waals surface area contributed by atoms with Crippen LogP contribution in [0.3, 0.4) is 0 Å². The van der Waals surface area contributed by atoms with E-state index in [4.69, 9.17) is 16.6 Å². The Balaban J connectivity index is 1.93. The van der Waals surface area contributed by atoms with E-state index in [0.29, 0.717) is 5.02 Å². The van der Waals surface area contributed by atoms with Crippen molar-refractivity contribution in [3.63, 3.8) is 0 Å². The SMILES string of the molecule is Cc1cccc2[nH]c(-c3cn(C)nc3-c3cccc(Cl)c3)nc12. The summed E-state index contributed by atoms with van der Waals surface area (Å²) in [5, 5.41) is 5.28. The highest BCUT2D eigenvalue weighted by molar-refractivity contribution is 6.30. The summed E-state index contributed by atoms with van der Waals surface area (Å²) in [6.45, 7) is 2.06. The monoisotopic (exact) mass is 322 g/mol. The molecule has 0 spiro atoms. The van der Waals surface area contributed by atoms with E-state index in [2.05, 4.69) is 23.1 Å². The van der Waals surface area contributed by atoms with E-state index in [1.54, 1.807) is 4.68 Å². The molecule has 0 unspecified atom stereocenters. The zero-order valence-electron chi connectivity index (χ0n) is 12.8. The molecule has 0 bridgehead atoms. The molecule has 5 heteroatoms. The predicted molar refractivity (Wildman–Crippen MR) is 93.5 cm³/mol. The van der Waals surface area contributed by atoms with E-state index >= 15 is 0 Å². The van der Waals surface area contributed by atoms with Gasteiger partial charge in [-0.1, -0.05) is 35.9 Å². The van der Waals surface area contributed by atoms with E-state index in [9.17, 15) is 0 Å². The summed E-state index contributed by atoms with van der Waals surface area (Å²) >= 11 is 6.13. The number of imidazole rings is 1. The fourth-order valence-electron chi connectivity index (χ4n) is 2.81. The average Bonchev–Trinajstić information content (AvgIpc) is 3.11. The van der Waals surface area contributed by atoms with Crippen LogP contribution in [-0.4, -0.2) is 19.7 Å². The van der Waals surface area contributed by atoms with Crippen molar-refractivity contribution >= 4 is 22.6 Å². The molecule has 1 N–H and O–H groups in total. The van der Waals surface area contributed by atoms with Gasteiger partial charge in [-0.25, -0.2) is 4.98 Å². The van der Waals surface area contributed by atoms with Crippen LogP contribution in [0.15, 0.2) is 48.7 Å². The number of H-pyrrole nitrogens is 1. The van der Waals surface area contributed by atoms with Gasteiger partial charge in [0.1, 0.15) is 11.5 Å². The molecule has 0 aliphatic carbocycles. The topological polar surface area (TPSA) is 46.5 Å². The van der Waals surface area contributed by atoms with Gasteiger partial charge in [-0.3, -0.25) is 4.68 Å². The van der Waals surface area contributed by atoms with Gasteiger partial charge in [0.2, 0.25) is 0 Å². The van der Waals surface area contributed by atoms with Gasteiger partial charge in [0.25, 0.3) is 0 Å². The van der Waals surface area contributed by atoms with Crippen LogP contribution in [0.1, 0.15) is 5.56 Å². The zero-order chi connectivity index (χ0) is 16.0. The fourth-order valence-corrected chi connectivity index (χ4v) is 3.00. The summed E-state index contributed by atoms with van der Waals surface area (Å²) in [5.74, 6) is 0.817. The lowest BCUT2D eigenvalue weighted by molar-refractivity contribution is 0.771. The number of aromatic nitrogens is 4. The molecule has 0 saturated carbocycles. The van der Waals surface area contributed by atoms with Gasteiger partial charge in [-0.15, -0.1) is 0 Å². The Morgan fingerprint density at radius 3 is 2.74 bits per heavy atom. The standard InChI is InChI=1S/C18H15ClN4/c1-11-5-3-8-15-16(11)21-18(20-15)14-10-23(2)22-17(14)12-6-4-7-13(19)9-12/h3-10H,1-2H3,(H,20,21). The first kappa shape index (κ1) is 14.0. The fraction of sp³-hybridized carbons (Fsp3) is 0.111. The molecule has 4 rings (SSSR count). The van der Waals surface area contributed by atoms with Crippen molar-refractivity contribution in [3.8, 4) is 22.6 Å². The number of nitrogens with zero attached hydrogens (tertiary/aromatic N) is 3. The van der Waals surface area contributed by atoms with Gasteiger partial charge in [0.15, 0.2) is 0 Å². The third kappa shape index (κ3) is 2.41. The Kier molecular flexibility index (Phi) is 3.20. The molecule has 0 aliphatic heterocycles. The summed E-state index contributed by atoms with van der Waals surface area (Å²) < 4.78 is 1.80. The molecule has 4 nitrogen and oxygen atoms in total. The van der Waals surface area contributed by atoms with Crippen LogP contribution < -0.4 is 0 Å². The van der Waals surface area contributed by atoms with Crippen molar-refractivity contribution < 1.29 is 0 Å². The van der Waals surface area contributed by atoms with Gasteiger partial charge in [0.05, 0.1) is 16.6 Å². The molecule has 0 atom stereocenters. The predicted octanol–water partition coefficient (Wildman–Crippen LogP) is 4.59. The molecule has 0 fully saturated rings. The normalized spacial score (nSPS) is 11.3. The largest absolute Gasteiger partial charge is 0.338 e. The molecular formula is C18H15ClN4. The van der Waals surface area contributed by atoms with E-state index in [0.717, 1.165) is 39.2 Å². The van der Waals surface area contributed by atoms with Crippen LogP contribution in [0.2, 0.25) is 5.02 Å². The van der Waals surface area contributed by atoms with Crippen molar-refractivity contribution in [2.75, 3.05) is 0 Å². The zero-order valence-corrected chi connectivity index (χ0v) is 13.6. The minimum atomic E-state index is 0.694. The number of aryl methyl sites for hydroxylation is 2. The highest BCUT2D eigenvalue weighted by Gasteiger charge is 2.16. The third-order valence-corrected chi connectivity index (χ3v) is 4.13. The van der Waals surface area contributed by atoms with E-state index in [1.165, 1.54) is 0 Å². The maximum Gasteiger partial charge on any atom is 0.142 e. The quantitative estimate of drug-likeness (QED) is 0.586. The third-order valence-electron chi connectivity index (χ3n) is 3.90. The van der Waals surface area contributed by atoms with Crippen LogP contribution in [0, 0.1) is 6.92 Å². The molecule has 23 heavy (non-hydrogen) atoms. The van der Waals surface area contributed by atoms with Crippen LogP contribution in [0.25, 0.3) is 33.7 Å². The van der Waals surface area contributed by atoms with E-state index in [-0.39, 0.29) is 0 Å². The van der Waals surface area contributed by atoms with Crippen molar-refractivity contribution in [3.05, 3.63) is 59.2 Å². The van der Waals surface area contributed by atoms with Gasteiger partial charge in [0, 0.05) is 23.8 Å². The summed E-state index contributed by atoms with van der Waals surface area (Å²) in [4.78, 5) is 8.16. The maximum atomic E-state index is 6.13. The smallest absolute Gasteiger partial charge is 0.142 e. The number of halogens is 1. The molecule has 2 aromatic heterocycles. The van der Waals surface area contributed by atoms with E-state index < -0.39 is 0 Å². The van der Waals surface area contributed by atoms with Gasteiger partial charge in [-0.05, 0) is 30.7 Å². The lowest BCUT2D eigenvalue weighted by atomic mass is 10.1. The summed E-state index contributed by atoms with van der Waals surface area (Å²) in [6.07, 6.45) is 1.98. The summed E-state index contributed by atoms with van der Waals surface area (Å²) in [5.41, 5.74) is 5.98. The second kappa shape index (κ2) is 5.25. The maximum absolute atomic E-state index is 6.13. The lowest BCUT2D eigenvalue weighted by Gasteiger charge is -2.00. The first-order chi connectivity index (χ1) is 11.1. The molecule has 2 aromatic carbocycles. The number of hydrogen-bond donors (Lipinski definition) is 1. The highest BCUT2D eigenvalue weighted by atomic mass is 35.5. The second-order valence-corrected chi connectivity index (χ2v) is 6.07. The number of aromatic amines is 1. The van der Waals surface area contributed by atoms with Gasteiger partial charge < -0.3 is 4.98 Å². The lowest BCUT2D eigenvalue weighted by Crippen LogP contribution is -1.87. The minimum Gasteiger partial charge on any atom is -0.338 e. The Hall–Kier alpha value is -2.59. The van der Waals surface area contributed by atoms with Crippen LogP contribution in [0.4, 0.5) is 0 Å². The van der Waals surface area contributed by atoms with Crippen LogP contribution >= 0.6 is 11.6 Å². The molecule has 0 saturated heterocycles. The van der Waals surface area contributed by atoms with Gasteiger partial charge in [-0.2, -0.15) is 5.10 Å². The van der Waals surface area contributed by atoms with Gasteiger partial charge >= 0.3 is 0 Å². The van der Waals surface area contributed by atoms with Crippen molar-refractivity contribution in [1.29, 1.82) is 0 Å². The molecule has 4 aromatic rings. The Morgan fingerprint density at radius 1 is 1.13 bits per heavy atom. The van der Waals surface area contributed by atoms with Crippen molar-refractivity contribution in [2.24, 2.45) is 7.05 Å².